The fourth-order valence-corrected chi connectivity index (χ4v) is 4.56. The zero-order valence-electron chi connectivity index (χ0n) is 17.0. The first-order valence-electron chi connectivity index (χ1n) is 9.52. The molecule has 0 saturated heterocycles. The Labute approximate surface area is 181 Å². The maximum absolute atomic E-state index is 13.5. The number of carbonyl (C=O) groups is 1. The molecule has 3 aromatic rings. The first kappa shape index (κ1) is 22.2. The zero-order chi connectivity index (χ0) is 21.7. The molecule has 0 fully saturated rings. The van der Waals surface area contributed by atoms with Crippen LogP contribution in [0.1, 0.15) is 13.8 Å². The lowest BCUT2D eigenvalue weighted by Crippen LogP contribution is -2.16. The number of halogens is 2. The van der Waals surface area contributed by atoms with E-state index in [-0.39, 0.29) is 18.9 Å². The molecular weight excluding hydrogens is 426 g/mol. The van der Waals surface area contributed by atoms with E-state index in [1.54, 1.807) is 25.3 Å². The topological polar surface area (TPSA) is 76.1 Å². The summed E-state index contributed by atoms with van der Waals surface area (Å²) in [7, 11) is 1.23. The molecule has 2 aromatic carbocycles. The normalized spacial score (nSPS) is 11.0. The molecule has 3 rings (SSSR count). The highest BCUT2D eigenvalue weighted by Crippen LogP contribution is 2.36. The van der Waals surface area contributed by atoms with Crippen LogP contribution in [0.3, 0.4) is 0 Å². The summed E-state index contributed by atoms with van der Waals surface area (Å²) in [4.78, 5) is 21.1. The summed E-state index contributed by atoms with van der Waals surface area (Å²) >= 11 is 5.88. The molecule has 0 bridgehead atoms. The van der Waals surface area contributed by atoms with Crippen LogP contribution in [-0.2, 0) is 4.79 Å². The Bertz CT molecular complexity index is 1060. The van der Waals surface area contributed by atoms with Crippen LogP contribution >= 0.6 is 19.5 Å². The first-order chi connectivity index (χ1) is 14.4. The molecule has 158 valence electrons. The Kier molecular flexibility index (Phi) is 7.40. The molecule has 30 heavy (non-hydrogen) atoms. The monoisotopic (exact) mass is 448 g/mol. The molecule has 1 amide bonds. The van der Waals surface area contributed by atoms with E-state index in [2.05, 4.69) is 34.4 Å². The van der Waals surface area contributed by atoms with Gasteiger partial charge >= 0.3 is 0 Å². The number of benzene rings is 2. The third-order valence-corrected chi connectivity index (χ3v) is 7.49. The van der Waals surface area contributed by atoms with E-state index in [4.69, 9.17) is 16.3 Å². The van der Waals surface area contributed by atoms with Gasteiger partial charge in [0, 0.05) is 23.3 Å². The van der Waals surface area contributed by atoms with Crippen molar-refractivity contribution < 1.29 is 13.9 Å². The largest absolute Gasteiger partial charge is 0.494 e. The van der Waals surface area contributed by atoms with Crippen LogP contribution < -0.4 is 15.4 Å². The third kappa shape index (κ3) is 5.15. The van der Waals surface area contributed by atoms with Gasteiger partial charge in [0.2, 0.25) is 5.91 Å². The van der Waals surface area contributed by atoms with Gasteiger partial charge in [0.25, 0.3) is 0 Å². The average Bonchev–Trinajstić information content (AvgIpc) is 2.74. The van der Waals surface area contributed by atoms with E-state index in [1.807, 2.05) is 0 Å². The second-order valence-electron chi connectivity index (χ2n) is 6.56. The van der Waals surface area contributed by atoms with E-state index in [0.717, 1.165) is 12.3 Å². The van der Waals surface area contributed by atoms with E-state index in [0.29, 0.717) is 40.0 Å². The minimum atomic E-state index is -0.497. The van der Waals surface area contributed by atoms with E-state index in [1.165, 1.54) is 18.5 Å². The molecular formula is C21H23ClFN4O2P. The molecule has 0 saturated carbocycles. The van der Waals surface area contributed by atoms with Crippen LogP contribution in [0, 0.1) is 5.82 Å². The quantitative estimate of drug-likeness (QED) is 0.436. The molecule has 0 aliphatic heterocycles. The number of carbonyl (C=O) groups excluding carboxylic acids is 1. The number of ether oxygens (including phenoxy) is 1. The van der Waals surface area contributed by atoms with E-state index >= 15 is 0 Å². The van der Waals surface area contributed by atoms with Gasteiger partial charge in [-0.05, 0) is 36.6 Å². The van der Waals surface area contributed by atoms with Crippen LogP contribution in [-0.4, -0.2) is 41.5 Å². The van der Waals surface area contributed by atoms with Crippen molar-refractivity contribution >= 4 is 53.5 Å². The Morgan fingerprint density at radius 2 is 1.97 bits per heavy atom. The number of amides is 1. The average molecular weight is 449 g/mol. The fraction of sp³-hybridized carbons (Fsp3) is 0.286. The Morgan fingerprint density at radius 3 is 2.63 bits per heavy atom. The molecule has 2 N–H and O–H groups in total. The highest BCUT2D eigenvalue weighted by molar-refractivity contribution is 7.58. The molecule has 0 spiro atoms. The molecule has 6 nitrogen and oxygen atoms in total. The molecule has 0 atom stereocenters. The maximum Gasteiger partial charge on any atom is 0.228 e. The van der Waals surface area contributed by atoms with Gasteiger partial charge in [-0.3, -0.25) is 4.79 Å². The van der Waals surface area contributed by atoms with Crippen molar-refractivity contribution in [1.29, 1.82) is 0 Å². The van der Waals surface area contributed by atoms with Crippen LogP contribution in [0.25, 0.3) is 10.9 Å². The molecule has 1 heterocycles. The third-order valence-electron chi connectivity index (χ3n) is 4.67. The Balaban J connectivity index is 1.95. The highest BCUT2D eigenvalue weighted by atomic mass is 35.5. The molecule has 9 heteroatoms. The number of aromatic nitrogens is 2. The van der Waals surface area contributed by atoms with Gasteiger partial charge in [-0.15, -0.1) is 0 Å². The summed E-state index contributed by atoms with van der Waals surface area (Å²) in [5.41, 5.74) is 1.77. The SMILES string of the molecule is CCP(CC)CC(=O)Nc1cc2c(Nc3ccc(F)c(Cl)c3)ncnc2cc1OC. The van der Waals surface area contributed by atoms with Gasteiger partial charge in [0.05, 0.1) is 23.3 Å². The number of fused-ring (bicyclic) bond motifs is 1. The summed E-state index contributed by atoms with van der Waals surface area (Å²) in [6, 6.07) is 7.86. The lowest BCUT2D eigenvalue weighted by molar-refractivity contribution is -0.113. The standard InChI is InChI=1S/C21H23ClFN4O2P/c1-4-30(5-2)11-20(28)27-18-9-14-17(10-19(18)29-3)24-12-25-21(14)26-13-6-7-16(23)15(22)8-13/h6-10,12H,4-5,11H2,1-3H3,(H,27,28)(H,24,25,26). The van der Waals surface area contributed by atoms with Crippen molar-refractivity contribution in [1.82, 2.24) is 9.97 Å². The number of rotatable bonds is 8. The van der Waals surface area contributed by atoms with Crippen molar-refractivity contribution in [2.24, 2.45) is 0 Å². The van der Waals surface area contributed by atoms with Crippen molar-refractivity contribution in [3.05, 3.63) is 47.5 Å². The number of anilines is 3. The van der Waals surface area contributed by atoms with Crippen LogP contribution in [0.4, 0.5) is 21.6 Å². The fourth-order valence-electron chi connectivity index (χ4n) is 3.00. The zero-order valence-corrected chi connectivity index (χ0v) is 18.6. The summed E-state index contributed by atoms with van der Waals surface area (Å²) in [6.07, 6.45) is 3.95. The second kappa shape index (κ2) is 10.0. The summed E-state index contributed by atoms with van der Waals surface area (Å²) in [6.45, 7) is 4.21. The number of hydrogen-bond acceptors (Lipinski definition) is 5. The van der Waals surface area contributed by atoms with Gasteiger partial charge in [-0.1, -0.05) is 33.4 Å². The van der Waals surface area contributed by atoms with Gasteiger partial charge in [0.15, 0.2) is 0 Å². The van der Waals surface area contributed by atoms with Crippen LogP contribution in [0.2, 0.25) is 5.02 Å². The van der Waals surface area contributed by atoms with Gasteiger partial charge < -0.3 is 15.4 Å². The van der Waals surface area contributed by atoms with Crippen molar-refractivity contribution in [2.45, 2.75) is 13.8 Å². The number of methoxy groups -OCH3 is 1. The van der Waals surface area contributed by atoms with Gasteiger partial charge in [0.1, 0.15) is 23.7 Å². The number of nitrogens with one attached hydrogen (secondary N) is 2. The van der Waals surface area contributed by atoms with E-state index < -0.39 is 5.82 Å². The second-order valence-corrected chi connectivity index (χ2v) is 9.89. The van der Waals surface area contributed by atoms with Crippen molar-refractivity contribution in [3.63, 3.8) is 0 Å². The van der Waals surface area contributed by atoms with Crippen molar-refractivity contribution in [2.75, 3.05) is 36.2 Å². The van der Waals surface area contributed by atoms with Crippen LogP contribution in [0.5, 0.6) is 5.75 Å². The molecule has 0 aliphatic carbocycles. The molecule has 0 radical (unpaired) electrons. The van der Waals surface area contributed by atoms with Gasteiger partial charge in [-0.25, -0.2) is 14.4 Å². The van der Waals surface area contributed by atoms with Crippen LogP contribution in [0.15, 0.2) is 36.7 Å². The molecule has 0 unspecified atom stereocenters. The van der Waals surface area contributed by atoms with E-state index in [9.17, 15) is 9.18 Å². The van der Waals surface area contributed by atoms with Crippen molar-refractivity contribution in [3.8, 4) is 5.75 Å². The lowest BCUT2D eigenvalue weighted by Gasteiger charge is -2.16. The summed E-state index contributed by atoms with van der Waals surface area (Å²) in [5, 5.41) is 6.78. The Hall–Kier alpha value is -2.50. The van der Waals surface area contributed by atoms with Gasteiger partial charge in [-0.2, -0.15) is 0 Å². The first-order valence-corrected chi connectivity index (χ1v) is 11.8. The smallest absolute Gasteiger partial charge is 0.228 e. The predicted octanol–water partition coefficient (Wildman–Crippen LogP) is 5.63. The highest BCUT2D eigenvalue weighted by Gasteiger charge is 2.15. The maximum atomic E-state index is 13.5. The summed E-state index contributed by atoms with van der Waals surface area (Å²) < 4.78 is 18.9. The predicted molar refractivity (Wildman–Crippen MR) is 122 cm³/mol. The summed E-state index contributed by atoms with van der Waals surface area (Å²) in [5.74, 6) is 0.482. The molecule has 0 aliphatic rings. The minimum Gasteiger partial charge on any atom is -0.494 e. The minimum absolute atomic E-state index is 0.0105. The number of nitrogens with zero attached hydrogens (tertiary/aromatic N) is 2. The lowest BCUT2D eigenvalue weighted by atomic mass is 10.2. The molecule has 1 aromatic heterocycles. The number of hydrogen-bond donors (Lipinski definition) is 2. The Morgan fingerprint density at radius 1 is 1.20 bits per heavy atom.